The highest BCUT2D eigenvalue weighted by molar-refractivity contribution is 5.91. The molecule has 0 bridgehead atoms. The average molecular weight is 341 g/mol. The van der Waals surface area contributed by atoms with Gasteiger partial charge in [0.05, 0.1) is 24.4 Å². The topological polar surface area (TPSA) is 104 Å². The molecule has 0 saturated carbocycles. The first-order chi connectivity index (χ1) is 12.1. The van der Waals surface area contributed by atoms with Gasteiger partial charge >= 0.3 is 6.03 Å². The number of nitriles is 1. The number of hydrogen-bond acceptors (Lipinski definition) is 5. The molecule has 0 heterocycles. The van der Waals surface area contributed by atoms with Crippen molar-refractivity contribution in [2.45, 2.75) is 6.10 Å². The van der Waals surface area contributed by atoms with E-state index in [0.29, 0.717) is 22.7 Å². The van der Waals surface area contributed by atoms with Crippen LogP contribution in [0.3, 0.4) is 0 Å². The molecule has 2 aromatic carbocycles. The zero-order chi connectivity index (χ0) is 18.1. The number of para-hydroxylation sites is 1. The summed E-state index contributed by atoms with van der Waals surface area (Å²) in [4.78, 5) is 11.9. The molecule has 1 atom stereocenters. The standard InChI is InChI=1S/C18H19N3O4/c1-24-17-8-7-13(10-19)9-16(17)21-18(23)20-11-14(22)12-25-15-5-3-2-4-6-15/h2-9,14,22H,11-12H2,1H3,(H2,20,21,23)/t14-/m0/s1. The van der Waals surface area contributed by atoms with E-state index in [2.05, 4.69) is 10.6 Å². The lowest BCUT2D eigenvalue weighted by Crippen LogP contribution is -2.37. The van der Waals surface area contributed by atoms with Crippen LogP contribution in [0.25, 0.3) is 0 Å². The number of aliphatic hydroxyl groups is 1. The summed E-state index contributed by atoms with van der Waals surface area (Å²) in [6, 6.07) is 15.2. The first-order valence-corrected chi connectivity index (χ1v) is 7.61. The summed E-state index contributed by atoms with van der Waals surface area (Å²) in [6.45, 7) is 0.0659. The van der Waals surface area contributed by atoms with Crippen molar-refractivity contribution in [3.8, 4) is 17.6 Å². The third kappa shape index (κ3) is 5.71. The minimum atomic E-state index is -0.863. The van der Waals surface area contributed by atoms with Gasteiger partial charge in [-0.1, -0.05) is 18.2 Å². The van der Waals surface area contributed by atoms with Crippen LogP contribution in [0.4, 0.5) is 10.5 Å². The molecule has 0 saturated heterocycles. The molecule has 0 fully saturated rings. The van der Waals surface area contributed by atoms with Crippen LogP contribution in [-0.2, 0) is 0 Å². The normalized spacial score (nSPS) is 11.1. The fourth-order valence-electron chi connectivity index (χ4n) is 2.02. The molecule has 130 valence electrons. The van der Waals surface area contributed by atoms with E-state index in [1.165, 1.54) is 13.2 Å². The summed E-state index contributed by atoms with van der Waals surface area (Å²) < 4.78 is 10.5. The van der Waals surface area contributed by atoms with Crippen molar-refractivity contribution in [2.24, 2.45) is 0 Å². The maximum atomic E-state index is 11.9. The third-order valence-corrected chi connectivity index (χ3v) is 3.26. The molecule has 0 aliphatic rings. The van der Waals surface area contributed by atoms with Gasteiger partial charge in [-0.25, -0.2) is 4.79 Å². The number of carbonyl (C=O) groups is 1. The second kappa shape index (κ2) is 9.15. The van der Waals surface area contributed by atoms with E-state index < -0.39 is 12.1 Å². The van der Waals surface area contributed by atoms with E-state index >= 15 is 0 Å². The largest absolute Gasteiger partial charge is 0.495 e. The number of nitrogens with one attached hydrogen (secondary N) is 2. The number of benzene rings is 2. The minimum Gasteiger partial charge on any atom is -0.495 e. The van der Waals surface area contributed by atoms with Gasteiger partial charge in [-0.15, -0.1) is 0 Å². The molecule has 7 heteroatoms. The Balaban J connectivity index is 1.81. The summed E-state index contributed by atoms with van der Waals surface area (Å²) in [5, 5.41) is 23.9. The first kappa shape index (κ1) is 18.1. The Bertz CT molecular complexity index is 744. The van der Waals surface area contributed by atoms with Gasteiger partial charge in [0.2, 0.25) is 0 Å². The van der Waals surface area contributed by atoms with E-state index in [0.717, 1.165) is 0 Å². The Labute approximate surface area is 145 Å². The van der Waals surface area contributed by atoms with E-state index in [-0.39, 0.29) is 13.2 Å². The first-order valence-electron chi connectivity index (χ1n) is 7.61. The lowest BCUT2D eigenvalue weighted by molar-refractivity contribution is 0.108. The van der Waals surface area contributed by atoms with Gasteiger partial charge in [0.1, 0.15) is 24.2 Å². The molecule has 7 nitrogen and oxygen atoms in total. The molecule has 2 amide bonds. The van der Waals surface area contributed by atoms with Gasteiger partial charge in [-0.05, 0) is 30.3 Å². The number of hydrogen-bond donors (Lipinski definition) is 3. The SMILES string of the molecule is COc1ccc(C#N)cc1NC(=O)NC[C@H](O)COc1ccccc1. The quantitative estimate of drug-likeness (QED) is 0.716. The molecule has 0 aliphatic heterocycles. The number of aliphatic hydroxyl groups excluding tert-OH is 1. The lowest BCUT2D eigenvalue weighted by Gasteiger charge is -2.15. The number of ether oxygens (including phenoxy) is 2. The zero-order valence-electron chi connectivity index (χ0n) is 13.7. The molecule has 0 aromatic heterocycles. The van der Waals surface area contributed by atoms with E-state index in [1.807, 2.05) is 24.3 Å². The van der Waals surface area contributed by atoms with Crippen LogP contribution < -0.4 is 20.1 Å². The molecular formula is C18H19N3O4. The minimum absolute atomic E-state index is 0.0128. The molecule has 0 spiro atoms. The highest BCUT2D eigenvalue weighted by atomic mass is 16.5. The van der Waals surface area contributed by atoms with Crippen molar-refractivity contribution < 1.29 is 19.4 Å². The smallest absolute Gasteiger partial charge is 0.319 e. The number of anilines is 1. The molecule has 2 aromatic rings. The number of urea groups is 1. The van der Waals surface area contributed by atoms with Crippen LogP contribution in [0.1, 0.15) is 5.56 Å². The van der Waals surface area contributed by atoms with Crippen LogP contribution in [0.2, 0.25) is 0 Å². The predicted molar refractivity (Wildman–Crippen MR) is 92.7 cm³/mol. The lowest BCUT2D eigenvalue weighted by atomic mass is 10.2. The second-order valence-corrected chi connectivity index (χ2v) is 5.14. The van der Waals surface area contributed by atoms with Crippen molar-refractivity contribution in [1.29, 1.82) is 5.26 Å². The number of carbonyl (C=O) groups excluding carboxylic acids is 1. The van der Waals surface area contributed by atoms with Crippen LogP contribution in [0, 0.1) is 11.3 Å². The highest BCUT2D eigenvalue weighted by Gasteiger charge is 2.11. The van der Waals surface area contributed by atoms with Crippen LogP contribution >= 0.6 is 0 Å². The average Bonchev–Trinajstić information content (AvgIpc) is 2.65. The van der Waals surface area contributed by atoms with E-state index in [4.69, 9.17) is 14.7 Å². The monoisotopic (exact) mass is 341 g/mol. The zero-order valence-corrected chi connectivity index (χ0v) is 13.7. The Morgan fingerprint density at radius 1 is 1.28 bits per heavy atom. The molecule has 2 rings (SSSR count). The highest BCUT2D eigenvalue weighted by Crippen LogP contribution is 2.25. The van der Waals surface area contributed by atoms with Crippen molar-refractivity contribution in [3.63, 3.8) is 0 Å². The molecule has 0 unspecified atom stereocenters. The predicted octanol–water partition coefficient (Wildman–Crippen LogP) is 2.13. The Morgan fingerprint density at radius 2 is 2.04 bits per heavy atom. The summed E-state index contributed by atoms with van der Waals surface area (Å²) in [5.41, 5.74) is 0.765. The summed E-state index contributed by atoms with van der Waals surface area (Å²) in [6.07, 6.45) is -0.863. The Kier molecular flexibility index (Phi) is 6.63. The molecule has 0 radical (unpaired) electrons. The van der Waals surface area contributed by atoms with Crippen LogP contribution in [-0.4, -0.2) is 37.5 Å². The Hall–Kier alpha value is -3.24. The summed E-state index contributed by atoms with van der Waals surface area (Å²) in [7, 11) is 1.47. The molecule has 0 aliphatic carbocycles. The van der Waals surface area contributed by atoms with Gasteiger partial charge < -0.3 is 25.2 Å². The van der Waals surface area contributed by atoms with Crippen molar-refractivity contribution in [3.05, 3.63) is 54.1 Å². The van der Waals surface area contributed by atoms with Crippen molar-refractivity contribution >= 4 is 11.7 Å². The van der Waals surface area contributed by atoms with Crippen molar-refractivity contribution in [1.82, 2.24) is 5.32 Å². The number of nitrogens with zero attached hydrogens (tertiary/aromatic N) is 1. The molecule has 25 heavy (non-hydrogen) atoms. The van der Waals surface area contributed by atoms with Gasteiger partial charge in [0.15, 0.2) is 0 Å². The molecular weight excluding hydrogens is 322 g/mol. The van der Waals surface area contributed by atoms with Gasteiger partial charge in [0, 0.05) is 6.54 Å². The molecule has 3 N–H and O–H groups in total. The van der Waals surface area contributed by atoms with Gasteiger partial charge in [-0.3, -0.25) is 0 Å². The summed E-state index contributed by atoms with van der Waals surface area (Å²) >= 11 is 0. The second-order valence-electron chi connectivity index (χ2n) is 5.14. The van der Waals surface area contributed by atoms with E-state index in [1.54, 1.807) is 24.3 Å². The maximum Gasteiger partial charge on any atom is 0.319 e. The maximum absolute atomic E-state index is 11.9. The van der Waals surface area contributed by atoms with Gasteiger partial charge in [0.25, 0.3) is 0 Å². The summed E-state index contributed by atoms with van der Waals surface area (Å²) in [5.74, 6) is 1.08. The number of amides is 2. The van der Waals surface area contributed by atoms with Crippen LogP contribution in [0.5, 0.6) is 11.5 Å². The fraction of sp³-hybridized carbons (Fsp3) is 0.222. The Morgan fingerprint density at radius 3 is 2.72 bits per heavy atom. The van der Waals surface area contributed by atoms with Gasteiger partial charge in [-0.2, -0.15) is 5.26 Å². The van der Waals surface area contributed by atoms with Crippen LogP contribution in [0.15, 0.2) is 48.5 Å². The number of rotatable bonds is 7. The third-order valence-electron chi connectivity index (χ3n) is 3.26. The number of methoxy groups -OCH3 is 1. The van der Waals surface area contributed by atoms with E-state index in [9.17, 15) is 9.90 Å². The fourth-order valence-corrected chi connectivity index (χ4v) is 2.02. The van der Waals surface area contributed by atoms with Crippen molar-refractivity contribution in [2.75, 3.05) is 25.6 Å².